The third-order valence-corrected chi connectivity index (χ3v) is 13.5. The molecular weight excluding hydrogens is 1060 g/mol. The molecule has 0 saturated carbocycles. The molecule has 0 bridgehead atoms. The fourth-order valence-corrected chi connectivity index (χ4v) is 9.47. The number of amides is 8. The molecule has 0 fully saturated rings. The number of nitrogens with one attached hydrogen (secondary N) is 5. The number of pyridine rings is 1. The molecule has 2 aromatic carbocycles. The predicted molar refractivity (Wildman–Crippen MR) is 293 cm³/mol. The maximum Gasteiger partial charge on any atom is 0.254 e. The number of aliphatic hydroxyl groups is 1. The molecule has 0 saturated heterocycles. The van der Waals surface area contributed by atoms with Crippen LogP contribution in [0.25, 0.3) is 11.1 Å². The number of aromatic amines is 1. The zero-order chi connectivity index (χ0) is 59.7. The lowest BCUT2D eigenvalue weighted by molar-refractivity contribution is -0.141. The highest BCUT2D eigenvalue weighted by Crippen LogP contribution is 2.41. The molecule has 5 aromatic rings. The summed E-state index contributed by atoms with van der Waals surface area (Å²) in [7, 11) is 0. The molecule has 8 N–H and O–H groups in total. The van der Waals surface area contributed by atoms with Gasteiger partial charge in [-0.15, -0.1) is 0 Å². The summed E-state index contributed by atoms with van der Waals surface area (Å²) in [5.41, 5.74) is 7.22. The lowest BCUT2D eigenvalue weighted by Crippen LogP contribution is -2.56. The van der Waals surface area contributed by atoms with Crippen molar-refractivity contribution in [1.82, 2.24) is 50.6 Å². The van der Waals surface area contributed by atoms with E-state index in [4.69, 9.17) is 5.73 Å². The van der Waals surface area contributed by atoms with E-state index in [1.807, 2.05) is 51.1 Å². The molecule has 1 aliphatic rings. The van der Waals surface area contributed by atoms with Gasteiger partial charge in [0.25, 0.3) is 11.8 Å². The van der Waals surface area contributed by atoms with Gasteiger partial charge in [-0.1, -0.05) is 51.1 Å². The van der Waals surface area contributed by atoms with Gasteiger partial charge in [-0.05, 0) is 72.7 Å². The molecule has 0 aliphatic carbocycles. The molecular formula is C58H67F2N11O11. The Morgan fingerprint density at radius 3 is 2.17 bits per heavy atom. The first kappa shape index (κ1) is 62.1. The lowest BCUT2D eigenvalue weighted by Gasteiger charge is -2.41. The molecule has 0 spiro atoms. The molecule has 1 aliphatic heterocycles. The number of ketones is 2. The minimum Gasteiger partial charge on any atom is -0.387 e. The minimum atomic E-state index is -1.76. The molecule has 6 rings (SSSR count). The van der Waals surface area contributed by atoms with Crippen molar-refractivity contribution >= 4 is 58.8 Å². The van der Waals surface area contributed by atoms with Crippen molar-refractivity contribution < 1.29 is 61.8 Å². The number of nitrogens with two attached hydrogens (primary N) is 1. The molecule has 3 aromatic heterocycles. The Bertz CT molecular complexity index is 3130. The molecule has 5 atom stereocenters. The Kier molecular flexibility index (Phi) is 21.9. The van der Waals surface area contributed by atoms with E-state index < -0.39 is 138 Å². The summed E-state index contributed by atoms with van der Waals surface area (Å²) in [6.07, 6.45) is 7.48. The van der Waals surface area contributed by atoms with Gasteiger partial charge in [0.1, 0.15) is 30.3 Å². The number of aromatic nitrogens is 4. The first-order chi connectivity index (χ1) is 39.0. The van der Waals surface area contributed by atoms with Gasteiger partial charge in [-0.25, -0.2) is 13.8 Å². The number of imide groups is 1. The molecule has 0 unspecified atom stereocenters. The summed E-state index contributed by atoms with van der Waals surface area (Å²) in [4.78, 5) is 146. The van der Waals surface area contributed by atoms with Crippen molar-refractivity contribution in [2.75, 3.05) is 26.2 Å². The second kappa shape index (κ2) is 28.9. The first-order valence-corrected chi connectivity index (χ1v) is 26.5. The van der Waals surface area contributed by atoms with Gasteiger partial charge in [-0.3, -0.25) is 57.8 Å². The SMILES string of the molecule is C[C@H](NC(=O)Cc1ccncc1)C(=O)C[C@H](Cc1cnc[nH]1)C(=O)N[C@@H](CC(N)=O)C(=O)N[C@@H](CCN(C(=O)CO)[C@@H](c1cc(-c2cc(F)ccc2F)cn1Cc1ccccc1)C(C)(C)C)C(=O)NCCCC(=O)CN1C(=O)C=CC1=O. The number of imidazole rings is 1. The molecule has 4 heterocycles. The van der Waals surface area contributed by atoms with Crippen LogP contribution in [0.1, 0.15) is 88.4 Å². The second-order valence-electron chi connectivity index (χ2n) is 21.0. The van der Waals surface area contributed by atoms with E-state index in [2.05, 4.69) is 36.2 Å². The second-order valence-corrected chi connectivity index (χ2v) is 21.0. The van der Waals surface area contributed by atoms with E-state index in [0.29, 0.717) is 17.0 Å². The summed E-state index contributed by atoms with van der Waals surface area (Å²) in [5, 5.41) is 20.9. The number of hydrogen-bond acceptors (Lipinski definition) is 13. The van der Waals surface area contributed by atoms with Crippen LogP contribution >= 0.6 is 0 Å². The fraction of sp³-hybridized carbons (Fsp3) is 0.379. The summed E-state index contributed by atoms with van der Waals surface area (Å²) in [5.74, 6) is -10.2. The van der Waals surface area contributed by atoms with Gasteiger partial charge in [0.2, 0.25) is 35.4 Å². The van der Waals surface area contributed by atoms with Crippen LogP contribution in [0.4, 0.5) is 8.78 Å². The topological polar surface area (TPSA) is 318 Å². The smallest absolute Gasteiger partial charge is 0.254 e. The van der Waals surface area contributed by atoms with E-state index in [1.165, 1.54) is 36.7 Å². The van der Waals surface area contributed by atoms with Crippen molar-refractivity contribution in [2.45, 2.75) is 103 Å². The third-order valence-electron chi connectivity index (χ3n) is 13.5. The molecule has 8 amide bonds. The quantitative estimate of drug-likeness (QED) is 0.0257. The molecule has 434 valence electrons. The van der Waals surface area contributed by atoms with E-state index in [-0.39, 0.29) is 56.4 Å². The highest BCUT2D eigenvalue weighted by atomic mass is 19.1. The number of Topliss-reactive ketones (excluding diaryl/α,β-unsaturated/α-hetero) is 2. The fourth-order valence-electron chi connectivity index (χ4n) is 9.47. The number of H-pyrrole nitrogens is 1. The van der Waals surface area contributed by atoms with Crippen molar-refractivity contribution in [3.8, 4) is 11.1 Å². The van der Waals surface area contributed by atoms with Crippen LogP contribution in [0.2, 0.25) is 0 Å². The third kappa shape index (κ3) is 17.7. The Labute approximate surface area is 471 Å². The van der Waals surface area contributed by atoms with Crippen LogP contribution in [0.15, 0.2) is 110 Å². The summed E-state index contributed by atoms with van der Waals surface area (Å²) in [6.45, 7) is 4.99. The van der Waals surface area contributed by atoms with Gasteiger partial charge < -0.3 is 46.6 Å². The van der Waals surface area contributed by atoms with E-state index in [1.54, 1.807) is 29.0 Å². The highest BCUT2D eigenvalue weighted by molar-refractivity contribution is 6.14. The van der Waals surface area contributed by atoms with Crippen molar-refractivity contribution in [2.24, 2.45) is 17.1 Å². The number of primary amides is 1. The Morgan fingerprint density at radius 2 is 1.52 bits per heavy atom. The lowest BCUT2D eigenvalue weighted by atomic mass is 9.82. The van der Waals surface area contributed by atoms with Crippen molar-refractivity contribution in [3.63, 3.8) is 0 Å². The van der Waals surface area contributed by atoms with Crippen LogP contribution in [0.5, 0.6) is 0 Å². The predicted octanol–water partition coefficient (Wildman–Crippen LogP) is 2.70. The zero-order valence-corrected chi connectivity index (χ0v) is 45.9. The maximum absolute atomic E-state index is 15.5. The highest BCUT2D eigenvalue weighted by Gasteiger charge is 2.39. The molecule has 82 heavy (non-hydrogen) atoms. The minimum absolute atomic E-state index is 0.00654. The average Bonchev–Trinajstić information content (AvgIpc) is 4.30. The van der Waals surface area contributed by atoms with Crippen LogP contribution in [0.3, 0.4) is 0 Å². The summed E-state index contributed by atoms with van der Waals surface area (Å²) in [6, 6.07) is 11.7. The number of benzene rings is 2. The molecule has 24 heteroatoms. The van der Waals surface area contributed by atoms with E-state index in [0.717, 1.165) is 40.8 Å². The normalized spacial score (nSPS) is 14.1. The average molecular weight is 1130 g/mol. The van der Waals surface area contributed by atoms with Gasteiger partial charge in [0.05, 0.1) is 43.7 Å². The van der Waals surface area contributed by atoms with Crippen LogP contribution in [-0.2, 0) is 67.3 Å². The summed E-state index contributed by atoms with van der Waals surface area (Å²) < 4.78 is 31.9. The molecule has 0 radical (unpaired) electrons. The Morgan fingerprint density at radius 1 is 0.829 bits per heavy atom. The van der Waals surface area contributed by atoms with Crippen LogP contribution in [-0.4, -0.2) is 138 Å². The van der Waals surface area contributed by atoms with Crippen LogP contribution in [0, 0.1) is 23.0 Å². The zero-order valence-electron chi connectivity index (χ0n) is 45.9. The van der Waals surface area contributed by atoms with Gasteiger partial charge in [-0.2, -0.15) is 0 Å². The number of carbonyl (C=O) groups excluding carboxylic acids is 10. The Balaban J connectivity index is 1.28. The largest absolute Gasteiger partial charge is 0.387 e. The van der Waals surface area contributed by atoms with Gasteiger partial charge >= 0.3 is 0 Å². The van der Waals surface area contributed by atoms with E-state index in [9.17, 15) is 57.4 Å². The molecule has 22 nitrogen and oxygen atoms in total. The maximum atomic E-state index is 15.5. The standard InChI is InChI=1S/C58H67F2N11O11/c1-35(66-50(76)23-36-16-20-62-21-17-36)48(74)26-38(24-41-29-63-34-65-41)55(80)68-46(28-49(61)75)57(82)67-45(56(81)64-19-8-11-42(73)32-71-51(77)14-15-52(71)78)18-22-70(53(79)33-72)54(58(2,3)4)47-25-39(43-27-40(59)12-13-44(43)60)31-69(47)30-37-9-6-5-7-10-37/h5-7,9-10,12-17,20-21,25,27,29,31,34-35,38,45-46,54,72H,8,11,18-19,22-24,26,28,30,32-33H2,1-4H3,(H2,61,75)(H,63,65)(H,64,81)(H,66,76)(H,67,82)(H,68,80)/t35-,38-,45-,46-,54-/m0/s1. The number of rotatable bonds is 30. The number of hydrogen-bond donors (Lipinski definition) is 7. The number of nitrogens with zero attached hydrogens (tertiary/aromatic N) is 5. The monoisotopic (exact) mass is 1130 g/mol. The number of halogens is 2. The van der Waals surface area contributed by atoms with E-state index >= 15 is 4.39 Å². The first-order valence-electron chi connectivity index (χ1n) is 26.5. The number of aliphatic hydroxyl groups excluding tert-OH is 1. The summed E-state index contributed by atoms with van der Waals surface area (Å²) >= 11 is 0. The van der Waals surface area contributed by atoms with Gasteiger partial charge in [0, 0.05) is 98.4 Å². The van der Waals surface area contributed by atoms with Crippen molar-refractivity contribution in [3.05, 3.63) is 144 Å². The number of carbonyl (C=O) groups is 10. The van der Waals surface area contributed by atoms with Gasteiger partial charge in [0.15, 0.2) is 11.6 Å². The van der Waals surface area contributed by atoms with Crippen molar-refractivity contribution in [1.29, 1.82) is 0 Å². The van der Waals surface area contributed by atoms with Crippen LogP contribution < -0.4 is 27.0 Å². The Hall–Kier alpha value is -9.06.